The second-order valence-electron chi connectivity index (χ2n) is 6.38. The molecule has 0 unspecified atom stereocenters. The van der Waals surface area contributed by atoms with Gasteiger partial charge in [-0.2, -0.15) is 0 Å². The van der Waals surface area contributed by atoms with E-state index in [9.17, 15) is 4.79 Å². The molecule has 1 saturated heterocycles. The topological polar surface area (TPSA) is 120 Å². The van der Waals surface area contributed by atoms with E-state index >= 15 is 0 Å². The number of carboxylic acids is 2. The van der Waals surface area contributed by atoms with Gasteiger partial charge in [0, 0.05) is 50.7 Å². The van der Waals surface area contributed by atoms with Gasteiger partial charge in [-0.15, -0.1) is 0 Å². The minimum absolute atomic E-state index is 0.0873. The number of pyridine rings is 1. The number of amides is 1. The zero-order valence-corrected chi connectivity index (χ0v) is 17.9. The van der Waals surface area contributed by atoms with Crippen LogP contribution in [-0.2, 0) is 16.1 Å². The van der Waals surface area contributed by atoms with Gasteiger partial charge in [-0.1, -0.05) is 6.07 Å². The number of piperazine rings is 1. The van der Waals surface area contributed by atoms with E-state index < -0.39 is 11.9 Å². The van der Waals surface area contributed by atoms with Gasteiger partial charge in [0.25, 0.3) is 5.91 Å². The van der Waals surface area contributed by atoms with Gasteiger partial charge in [0.1, 0.15) is 5.75 Å². The molecule has 0 saturated carbocycles. The number of methoxy groups -OCH3 is 1. The highest BCUT2D eigenvalue weighted by molar-refractivity contribution is 9.10. The third-order valence-electron chi connectivity index (χ3n) is 4.39. The first-order valence-corrected chi connectivity index (χ1v) is 9.81. The van der Waals surface area contributed by atoms with Crippen molar-refractivity contribution in [1.82, 2.24) is 14.8 Å². The van der Waals surface area contributed by atoms with Crippen LogP contribution in [0.5, 0.6) is 5.75 Å². The minimum Gasteiger partial charge on any atom is -0.496 e. The molecule has 0 spiro atoms. The van der Waals surface area contributed by atoms with Crippen molar-refractivity contribution in [3.63, 3.8) is 0 Å². The van der Waals surface area contributed by atoms with E-state index in [4.69, 9.17) is 24.5 Å². The van der Waals surface area contributed by atoms with Crippen LogP contribution in [0.2, 0.25) is 0 Å². The van der Waals surface area contributed by atoms with Crippen molar-refractivity contribution >= 4 is 33.8 Å². The minimum atomic E-state index is -1.82. The van der Waals surface area contributed by atoms with E-state index in [1.807, 2.05) is 11.0 Å². The Bertz CT molecular complexity index is 873. The van der Waals surface area contributed by atoms with Gasteiger partial charge < -0.3 is 19.8 Å². The highest BCUT2D eigenvalue weighted by Gasteiger charge is 2.22. The lowest BCUT2D eigenvalue weighted by Crippen LogP contribution is -2.48. The summed E-state index contributed by atoms with van der Waals surface area (Å²) in [7, 11) is 1.67. The molecule has 1 amide bonds. The normalized spacial score (nSPS) is 13.7. The molecule has 1 aromatic carbocycles. The van der Waals surface area contributed by atoms with Crippen molar-refractivity contribution in [2.75, 3.05) is 33.3 Å². The molecule has 10 heteroatoms. The fraction of sp³-hybridized carbons (Fsp3) is 0.300. The van der Waals surface area contributed by atoms with E-state index in [0.29, 0.717) is 5.56 Å². The van der Waals surface area contributed by atoms with Crippen LogP contribution < -0.4 is 4.74 Å². The molecule has 0 aliphatic carbocycles. The van der Waals surface area contributed by atoms with Gasteiger partial charge in [0.05, 0.1) is 11.6 Å². The number of carbonyl (C=O) groups is 3. The van der Waals surface area contributed by atoms with Gasteiger partial charge in [-0.3, -0.25) is 14.7 Å². The fourth-order valence-corrected chi connectivity index (χ4v) is 3.44. The lowest BCUT2D eigenvalue weighted by atomic mass is 10.1. The average molecular weight is 480 g/mol. The van der Waals surface area contributed by atoms with Crippen molar-refractivity contribution in [3.05, 3.63) is 58.3 Å². The molecule has 0 atom stereocenters. The Labute approximate surface area is 182 Å². The standard InChI is InChI=1S/C18H20BrN3O2.C2H2O4/c1-24-17-3-2-14(12-16(17)19)13-21-8-10-22(11-9-21)18(23)15-4-6-20-7-5-15;3-1(4)2(5)6/h2-7,12H,8-11,13H2,1H3;(H,3,4)(H,5,6). The molecule has 30 heavy (non-hydrogen) atoms. The Balaban J connectivity index is 0.000000469. The Hall–Kier alpha value is -2.98. The molecule has 1 aromatic heterocycles. The number of aliphatic carboxylic acids is 2. The zero-order chi connectivity index (χ0) is 22.1. The first kappa shape index (κ1) is 23.3. The number of nitrogens with zero attached hydrogens (tertiary/aromatic N) is 3. The van der Waals surface area contributed by atoms with Gasteiger partial charge in [0.15, 0.2) is 0 Å². The predicted octanol–water partition coefficient (Wildman–Crippen LogP) is 1.97. The second kappa shape index (κ2) is 11.3. The van der Waals surface area contributed by atoms with E-state index in [2.05, 4.69) is 37.9 Å². The summed E-state index contributed by atoms with van der Waals surface area (Å²) >= 11 is 3.53. The van der Waals surface area contributed by atoms with Crippen LogP contribution in [0.15, 0.2) is 47.2 Å². The summed E-state index contributed by atoms with van der Waals surface area (Å²) in [6.07, 6.45) is 3.32. The summed E-state index contributed by atoms with van der Waals surface area (Å²) in [6.45, 7) is 4.12. The van der Waals surface area contributed by atoms with Crippen LogP contribution in [0.4, 0.5) is 0 Å². The van der Waals surface area contributed by atoms with Crippen LogP contribution in [0, 0.1) is 0 Å². The van der Waals surface area contributed by atoms with Crippen molar-refractivity contribution in [2.45, 2.75) is 6.54 Å². The summed E-state index contributed by atoms with van der Waals surface area (Å²) in [5.41, 5.74) is 1.94. The molecule has 9 nitrogen and oxygen atoms in total. The molecule has 2 heterocycles. The summed E-state index contributed by atoms with van der Waals surface area (Å²) in [5.74, 6) is -2.72. The van der Waals surface area contributed by atoms with Crippen molar-refractivity contribution in [3.8, 4) is 5.75 Å². The molecular weight excluding hydrogens is 458 g/mol. The first-order valence-electron chi connectivity index (χ1n) is 9.02. The van der Waals surface area contributed by atoms with Crippen molar-refractivity contribution in [1.29, 1.82) is 0 Å². The third kappa shape index (κ3) is 6.82. The molecule has 1 fully saturated rings. The van der Waals surface area contributed by atoms with Crippen LogP contribution >= 0.6 is 15.9 Å². The van der Waals surface area contributed by atoms with Gasteiger partial charge in [-0.25, -0.2) is 9.59 Å². The van der Waals surface area contributed by atoms with Crippen LogP contribution in [-0.4, -0.2) is 76.1 Å². The quantitative estimate of drug-likeness (QED) is 0.638. The Morgan fingerprint density at radius 2 is 1.63 bits per heavy atom. The molecule has 1 aliphatic rings. The summed E-state index contributed by atoms with van der Waals surface area (Å²) in [5, 5.41) is 14.8. The Kier molecular flexibility index (Phi) is 8.75. The Morgan fingerprint density at radius 3 is 2.13 bits per heavy atom. The number of benzene rings is 1. The van der Waals surface area contributed by atoms with Gasteiger partial charge >= 0.3 is 11.9 Å². The number of carbonyl (C=O) groups excluding carboxylic acids is 1. The number of hydrogen-bond donors (Lipinski definition) is 2. The van der Waals surface area contributed by atoms with Crippen molar-refractivity contribution < 1.29 is 29.3 Å². The first-order chi connectivity index (χ1) is 14.3. The highest BCUT2D eigenvalue weighted by atomic mass is 79.9. The number of hydrogen-bond acceptors (Lipinski definition) is 6. The lowest BCUT2D eigenvalue weighted by molar-refractivity contribution is -0.159. The number of rotatable bonds is 4. The van der Waals surface area contributed by atoms with Gasteiger partial charge in [0.2, 0.25) is 0 Å². The van der Waals surface area contributed by atoms with Crippen LogP contribution in [0.25, 0.3) is 0 Å². The zero-order valence-electron chi connectivity index (χ0n) is 16.3. The number of ether oxygens (including phenoxy) is 1. The molecular formula is C20H22BrN3O6. The molecule has 1 aliphatic heterocycles. The number of halogens is 1. The Morgan fingerprint density at radius 1 is 1.03 bits per heavy atom. The SMILES string of the molecule is COc1ccc(CN2CCN(C(=O)c3ccncc3)CC2)cc1Br.O=C(O)C(=O)O. The number of carboxylic acid groups (broad SMARTS) is 2. The maximum Gasteiger partial charge on any atom is 0.414 e. The third-order valence-corrected chi connectivity index (χ3v) is 5.01. The summed E-state index contributed by atoms with van der Waals surface area (Å²) in [4.78, 5) is 38.9. The van der Waals surface area contributed by atoms with Crippen LogP contribution in [0.3, 0.4) is 0 Å². The monoisotopic (exact) mass is 479 g/mol. The lowest BCUT2D eigenvalue weighted by Gasteiger charge is -2.34. The van der Waals surface area contributed by atoms with E-state index in [0.717, 1.165) is 42.9 Å². The van der Waals surface area contributed by atoms with E-state index in [1.54, 1.807) is 31.6 Å². The average Bonchev–Trinajstić information content (AvgIpc) is 2.75. The van der Waals surface area contributed by atoms with E-state index in [1.165, 1.54) is 5.56 Å². The fourth-order valence-electron chi connectivity index (χ4n) is 2.85. The molecule has 3 rings (SSSR count). The van der Waals surface area contributed by atoms with Crippen molar-refractivity contribution in [2.24, 2.45) is 0 Å². The van der Waals surface area contributed by atoms with Gasteiger partial charge in [-0.05, 0) is 45.8 Å². The maximum atomic E-state index is 12.4. The second-order valence-corrected chi connectivity index (χ2v) is 7.24. The maximum absolute atomic E-state index is 12.4. The largest absolute Gasteiger partial charge is 0.496 e. The molecule has 2 N–H and O–H groups in total. The molecule has 160 valence electrons. The summed E-state index contributed by atoms with van der Waals surface area (Å²) in [6, 6.07) is 9.68. The van der Waals surface area contributed by atoms with Crippen LogP contribution in [0.1, 0.15) is 15.9 Å². The molecule has 0 radical (unpaired) electrons. The summed E-state index contributed by atoms with van der Waals surface area (Å²) < 4.78 is 6.23. The molecule has 2 aromatic rings. The molecule has 0 bridgehead atoms. The highest BCUT2D eigenvalue weighted by Crippen LogP contribution is 2.26. The predicted molar refractivity (Wildman–Crippen MR) is 111 cm³/mol. The smallest absolute Gasteiger partial charge is 0.414 e. The number of aromatic nitrogens is 1. The van der Waals surface area contributed by atoms with E-state index in [-0.39, 0.29) is 5.91 Å².